The predicted molar refractivity (Wildman–Crippen MR) is 128 cm³/mol. The van der Waals surface area contributed by atoms with Crippen molar-refractivity contribution < 1.29 is 4.79 Å². The topological polar surface area (TPSA) is 72.7 Å². The molecule has 6 nitrogen and oxygen atoms in total. The minimum atomic E-state index is -0.0927. The summed E-state index contributed by atoms with van der Waals surface area (Å²) >= 11 is 13.6. The van der Waals surface area contributed by atoms with Gasteiger partial charge in [-0.15, -0.1) is 10.2 Å². The van der Waals surface area contributed by atoms with Crippen molar-refractivity contribution in [3.05, 3.63) is 88.2 Å². The van der Waals surface area contributed by atoms with Crippen LogP contribution < -0.4 is 5.32 Å². The van der Waals surface area contributed by atoms with Crippen LogP contribution in [0.25, 0.3) is 17.1 Å². The monoisotopic (exact) mass is 483 g/mol. The number of aryl methyl sites for hydroxylation is 1. The molecule has 2 heterocycles. The number of hydrogen-bond donors (Lipinski definition) is 1. The Balaban J connectivity index is 1.56. The van der Waals surface area contributed by atoms with E-state index >= 15 is 0 Å². The highest BCUT2D eigenvalue weighted by Crippen LogP contribution is 2.31. The molecular formula is C23H19Cl2N5OS. The van der Waals surface area contributed by atoms with E-state index in [2.05, 4.69) is 20.5 Å². The Bertz CT molecular complexity index is 1250. The molecule has 9 heteroatoms. The maximum absolute atomic E-state index is 12.5. The smallest absolute Gasteiger partial charge is 0.230 e. The zero-order valence-electron chi connectivity index (χ0n) is 17.1. The summed E-state index contributed by atoms with van der Waals surface area (Å²) in [6.07, 6.45) is 3.40. The number of thioether (sulfide) groups is 1. The molecule has 162 valence electrons. The fourth-order valence-corrected chi connectivity index (χ4v) is 4.16. The zero-order valence-corrected chi connectivity index (χ0v) is 19.5. The maximum Gasteiger partial charge on any atom is 0.230 e. The third-order valence-corrected chi connectivity index (χ3v) is 6.45. The zero-order chi connectivity index (χ0) is 22.5. The van der Waals surface area contributed by atoms with Crippen molar-refractivity contribution in [2.24, 2.45) is 0 Å². The molecule has 2 aromatic heterocycles. The lowest BCUT2D eigenvalue weighted by molar-refractivity contribution is -0.118. The summed E-state index contributed by atoms with van der Waals surface area (Å²) in [5, 5.41) is 13.1. The molecule has 2 aromatic carbocycles. The Labute approximate surface area is 200 Å². The molecule has 0 aliphatic rings. The molecule has 4 rings (SSSR count). The molecule has 0 saturated heterocycles. The molecule has 0 unspecified atom stereocenters. The number of amides is 1. The Morgan fingerprint density at radius 1 is 1.06 bits per heavy atom. The summed E-state index contributed by atoms with van der Waals surface area (Å²) in [6.45, 7) is 2.50. The fourth-order valence-electron chi connectivity index (χ4n) is 3.09. The molecule has 0 bridgehead atoms. The van der Waals surface area contributed by atoms with Gasteiger partial charge < -0.3 is 5.32 Å². The van der Waals surface area contributed by atoms with Crippen LogP contribution in [0.2, 0.25) is 10.0 Å². The highest BCUT2D eigenvalue weighted by Gasteiger charge is 2.18. The molecule has 4 aromatic rings. The van der Waals surface area contributed by atoms with E-state index in [1.807, 2.05) is 54.0 Å². The minimum Gasteiger partial charge on any atom is -0.351 e. The SMILES string of the molecule is Cc1ccccc1CNC(=O)CSc1nnc(-c2cccnc2)n1-c1ccc(Cl)c(Cl)c1. The van der Waals surface area contributed by atoms with Gasteiger partial charge in [0.2, 0.25) is 5.91 Å². The molecule has 1 amide bonds. The second-order valence-electron chi connectivity index (χ2n) is 6.97. The number of carbonyl (C=O) groups is 1. The fraction of sp³-hybridized carbons (Fsp3) is 0.130. The first-order valence-electron chi connectivity index (χ1n) is 9.78. The highest BCUT2D eigenvalue weighted by atomic mass is 35.5. The first kappa shape index (κ1) is 22.3. The van der Waals surface area contributed by atoms with Gasteiger partial charge in [0.15, 0.2) is 11.0 Å². The average molecular weight is 484 g/mol. The van der Waals surface area contributed by atoms with E-state index in [-0.39, 0.29) is 11.7 Å². The van der Waals surface area contributed by atoms with Crippen LogP contribution in [0.1, 0.15) is 11.1 Å². The average Bonchev–Trinajstić information content (AvgIpc) is 3.23. The first-order valence-corrected chi connectivity index (χ1v) is 11.5. The van der Waals surface area contributed by atoms with Crippen LogP contribution in [-0.4, -0.2) is 31.4 Å². The number of rotatable bonds is 7. The minimum absolute atomic E-state index is 0.0927. The van der Waals surface area contributed by atoms with Gasteiger partial charge in [-0.3, -0.25) is 14.3 Å². The van der Waals surface area contributed by atoms with Crippen molar-refractivity contribution in [3.8, 4) is 17.1 Å². The van der Waals surface area contributed by atoms with Crippen LogP contribution in [0, 0.1) is 6.92 Å². The van der Waals surface area contributed by atoms with Crippen molar-refractivity contribution in [3.63, 3.8) is 0 Å². The van der Waals surface area contributed by atoms with E-state index in [9.17, 15) is 4.79 Å². The van der Waals surface area contributed by atoms with Crippen LogP contribution in [0.4, 0.5) is 0 Å². The molecule has 0 aliphatic carbocycles. The van der Waals surface area contributed by atoms with Crippen LogP contribution in [0.15, 0.2) is 72.1 Å². The molecule has 0 radical (unpaired) electrons. The summed E-state index contributed by atoms with van der Waals surface area (Å²) < 4.78 is 1.85. The number of hydrogen-bond acceptors (Lipinski definition) is 5. The van der Waals surface area contributed by atoms with E-state index in [0.717, 1.165) is 22.4 Å². The number of aromatic nitrogens is 4. The van der Waals surface area contributed by atoms with E-state index in [1.54, 1.807) is 24.5 Å². The standard InChI is InChI=1S/C23H19Cl2N5OS/c1-15-5-2-3-6-16(15)13-27-21(31)14-32-23-29-28-22(17-7-4-10-26-12-17)30(23)18-8-9-19(24)20(25)11-18/h2-12H,13-14H2,1H3,(H,27,31). The Hall–Kier alpha value is -2.87. The Morgan fingerprint density at radius 2 is 1.91 bits per heavy atom. The van der Waals surface area contributed by atoms with Crippen molar-refractivity contribution in [1.82, 2.24) is 25.1 Å². The van der Waals surface area contributed by atoms with Crippen LogP contribution in [-0.2, 0) is 11.3 Å². The molecule has 0 fully saturated rings. The van der Waals surface area contributed by atoms with Crippen LogP contribution >= 0.6 is 35.0 Å². The lowest BCUT2D eigenvalue weighted by Crippen LogP contribution is -2.25. The second kappa shape index (κ2) is 10.2. The summed E-state index contributed by atoms with van der Waals surface area (Å²) in [5.41, 5.74) is 3.76. The van der Waals surface area contributed by atoms with Gasteiger partial charge >= 0.3 is 0 Å². The number of benzene rings is 2. The van der Waals surface area contributed by atoms with E-state index in [4.69, 9.17) is 23.2 Å². The summed E-state index contributed by atoms with van der Waals surface area (Å²) in [6, 6.07) is 17.0. The lowest BCUT2D eigenvalue weighted by Gasteiger charge is -2.11. The van der Waals surface area contributed by atoms with Gasteiger partial charge in [0.1, 0.15) is 0 Å². The largest absolute Gasteiger partial charge is 0.351 e. The summed E-state index contributed by atoms with van der Waals surface area (Å²) in [5.74, 6) is 0.697. The number of nitrogens with zero attached hydrogens (tertiary/aromatic N) is 4. The van der Waals surface area contributed by atoms with Gasteiger partial charge in [-0.05, 0) is 48.4 Å². The number of carbonyl (C=O) groups excluding carboxylic acids is 1. The molecule has 0 aliphatic heterocycles. The molecule has 1 N–H and O–H groups in total. The van der Waals surface area contributed by atoms with Gasteiger partial charge in [0, 0.05) is 24.5 Å². The third-order valence-electron chi connectivity index (χ3n) is 4.78. The molecule has 0 atom stereocenters. The number of pyridine rings is 1. The van der Waals surface area contributed by atoms with E-state index < -0.39 is 0 Å². The quantitative estimate of drug-likeness (QED) is 0.358. The van der Waals surface area contributed by atoms with Gasteiger partial charge in [-0.1, -0.05) is 59.2 Å². The predicted octanol–water partition coefficient (Wildman–Crippen LogP) is 5.35. The molecule has 0 saturated carbocycles. The van der Waals surface area contributed by atoms with Crippen molar-refractivity contribution in [2.75, 3.05) is 5.75 Å². The Kier molecular flexibility index (Phi) is 7.09. The molecule has 0 spiro atoms. The second-order valence-corrected chi connectivity index (χ2v) is 8.73. The molecule has 32 heavy (non-hydrogen) atoms. The van der Waals surface area contributed by atoms with Crippen molar-refractivity contribution in [2.45, 2.75) is 18.6 Å². The van der Waals surface area contributed by atoms with Crippen molar-refractivity contribution >= 4 is 40.9 Å². The van der Waals surface area contributed by atoms with Gasteiger partial charge in [0.05, 0.1) is 21.5 Å². The summed E-state index contributed by atoms with van der Waals surface area (Å²) in [4.78, 5) is 16.7. The van der Waals surface area contributed by atoms with Crippen LogP contribution in [0.5, 0.6) is 0 Å². The van der Waals surface area contributed by atoms with E-state index in [0.29, 0.717) is 27.6 Å². The summed E-state index contributed by atoms with van der Waals surface area (Å²) in [7, 11) is 0. The number of halogens is 2. The van der Waals surface area contributed by atoms with Gasteiger partial charge in [0.25, 0.3) is 0 Å². The van der Waals surface area contributed by atoms with Crippen molar-refractivity contribution in [1.29, 1.82) is 0 Å². The third kappa shape index (κ3) is 5.12. The number of nitrogens with one attached hydrogen (secondary N) is 1. The normalized spacial score (nSPS) is 10.8. The van der Waals surface area contributed by atoms with Gasteiger partial charge in [-0.25, -0.2) is 0 Å². The van der Waals surface area contributed by atoms with E-state index in [1.165, 1.54) is 11.8 Å². The van der Waals surface area contributed by atoms with Crippen LogP contribution in [0.3, 0.4) is 0 Å². The van der Waals surface area contributed by atoms with Gasteiger partial charge in [-0.2, -0.15) is 0 Å². The molecular weight excluding hydrogens is 465 g/mol. The first-order chi connectivity index (χ1) is 15.5. The highest BCUT2D eigenvalue weighted by molar-refractivity contribution is 7.99. The lowest BCUT2D eigenvalue weighted by atomic mass is 10.1. The Morgan fingerprint density at radius 3 is 2.66 bits per heavy atom. The maximum atomic E-state index is 12.5.